The van der Waals surface area contributed by atoms with Crippen LogP contribution < -0.4 is 14.2 Å². The molecule has 0 aromatic heterocycles. The third-order valence-corrected chi connectivity index (χ3v) is 5.48. The van der Waals surface area contributed by atoms with Gasteiger partial charge < -0.3 is 9.47 Å². The third-order valence-electron chi connectivity index (χ3n) is 4.02. The van der Waals surface area contributed by atoms with Gasteiger partial charge in [-0.3, -0.25) is 0 Å². The van der Waals surface area contributed by atoms with E-state index in [0.717, 1.165) is 5.56 Å². The lowest BCUT2D eigenvalue weighted by Gasteiger charge is -2.11. The summed E-state index contributed by atoms with van der Waals surface area (Å²) in [6, 6.07) is 12.8. The Morgan fingerprint density at radius 1 is 0.960 bits per heavy atom. The van der Waals surface area contributed by atoms with Gasteiger partial charge in [0.2, 0.25) is 10.0 Å². The summed E-state index contributed by atoms with van der Waals surface area (Å²) >= 11 is 0. The average molecular weight is 363 g/mol. The van der Waals surface area contributed by atoms with Crippen molar-refractivity contribution in [2.24, 2.45) is 0 Å². The lowest BCUT2D eigenvalue weighted by Crippen LogP contribution is -2.26. The van der Waals surface area contributed by atoms with Crippen molar-refractivity contribution in [1.29, 1.82) is 0 Å². The fraction of sp³-hybridized carbons (Fsp3) is 0.368. The number of methoxy groups -OCH3 is 2. The van der Waals surface area contributed by atoms with E-state index in [4.69, 9.17) is 9.47 Å². The first kappa shape index (κ1) is 19.3. The largest absolute Gasteiger partial charge is 0.493 e. The Morgan fingerprint density at radius 2 is 1.60 bits per heavy atom. The fourth-order valence-corrected chi connectivity index (χ4v) is 3.51. The van der Waals surface area contributed by atoms with Crippen LogP contribution in [0.3, 0.4) is 0 Å². The lowest BCUT2D eigenvalue weighted by atomic mass is 10.0. The van der Waals surface area contributed by atoms with Crippen LogP contribution in [0.2, 0.25) is 0 Å². The first-order valence-electron chi connectivity index (χ1n) is 8.18. The Hall–Kier alpha value is -2.05. The van der Waals surface area contributed by atoms with Crippen molar-refractivity contribution in [3.8, 4) is 11.5 Å². The van der Waals surface area contributed by atoms with Crippen LogP contribution in [-0.4, -0.2) is 29.2 Å². The molecule has 0 aliphatic rings. The summed E-state index contributed by atoms with van der Waals surface area (Å²) in [5.41, 5.74) is 2.37. The molecule has 1 N–H and O–H groups in total. The van der Waals surface area contributed by atoms with Crippen LogP contribution in [-0.2, 0) is 16.4 Å². The van der Waals surface area contributed by atoms with E-state index in [9.17, 15) is 8.42 Å². The maximum absolute atomic E-state index is 12.4. The molecule has 0 saturated carbocycles. The van der Waals surface area contributed by atoms with E-state index in [1.807, 2.05) is 12.1 Å². The Kier molecular flexibility index (Phi) is 6.45. The molecule has 0 aliphatic carbocycles. The SMILES string of the molecule is COc1ccc(S(=O)(=O)NCCc2ccc(C(C)C)cc2)cc1OC. The van der Waals surface area contributed by atoms with Crippen LogP contribution in [0.5, 0.6) is 11.5 Å². The van der Waals surface area contributed by atoms with Crippen molar-refractivity contribution in [2.75, 3.05) is 20.8 Å². The number of nitrogens with one attached hydrogen (secondary N) is 1. The molecule has 2 aromatic carbocycles. The third kappa shape index (κ3) is 4.96. The highest BCUT2D eigenvalue weighted by atomic mass is 32.2. The second-order valence-corrected chi connectivity index (χ2v) is 7.83. The molecule has 0 radical (unpaired) electrons. The zero-order chi connectivity index (χ0) is 18.4. The first-order valence-corrected chi connectivity index (χ1v) is 9.66. The van der Waals surface area contributed by atoms with E-state index in [1.54, 1.807) is 6.07 Å². The number of rotatable bonds is 8. The maximum Gasteiger partial charge on any atom is 0.240 e. The average Bonchev–Trinajstić information content (AvgIpc) is 2.61. The van der Waals surface area contributed by atoms with Gasteiger partial charge in [-0.2, -0.15) is 0 Å². The minimum atomic E-state index is -3.60. The summed E-state index contributed by atoms with van der Waals surface area (Å²) in [6.07, 6.45) is 0.630. The molecular weight excluding hydrogens is 338 g/mol. The molecule has 136 valence electrons. The van der Waals surface area contributed by atoms with Gasteiger partial charge in [0, 0.05) is 12.6 Å². The van der Waals surface area contributed by atoms with Gasteiger partial charge >= 0.3 is 0 Å². The zero-order valence-corrected chi connectivity index (χ0v) is 15.9. The summed E-state index contributed by atoms with van der Waals surface area (Å²) in [4.78, 5) is 0.153. The number of hydrogen-bond donors (Lipinski definition) is 1. The number of hydrogen-bond acceptors (Lipinski definition) is 4. The van der Waals surface area contributed by atoms with Crippen molar-refractivity contribution in [3.05, 3.63) is 53.6 Å². The highest BCUT2D eigenvalue weighted by Gasteiger charge is 2.16. The molecule has 0 unspecified atom stereocenters. The van der Waals surface area contributed by atoms with Crippen LogP contribution in [0.4, 0.5) is 0 Å². The second kappa shape index (κ2) is 8.36. The molecule has 0 heterocycles. The van der Waals surface area contributed by atoms with Crippen molar-refractivity contribution in [2.45, 2.75) is 31.1 Å². The first-order chi connectivity index (χ1) is 11.9. The van der Waals surface area contributed by atoms with Crippen molar-refractivity contribution < 1.29 is 17.9 Å². The highest BCUT2D eigenvalue weighted by molar-refractivity contribution is 7.89. The minimum absolute atomic E-state index is 0.153. The normalized spacial score (nSPS) is 11.6. The second-order valence-electron chi connectivity index (χ2n) is 6.06. The summed E-state index contributed by atoms with van der Waals surface area (Å²) in [5.74, 6) is 1.36. The van der Waals surface area contributed by atoms with E-state index in [1.165, 1.54) is 31.9 Å². The van der Waals surface area contributed by atoms with Gasteiger partial charge in [0.05, 0.1) is 19.1 Å². The van der Waals surface area contributed by atoms with E-state index < -0.39 is 10.0 Å². The highest BCUT2D eigenvalue weighted by Crippen LogP contribution is 2.29. The Labute approximate surface area is 150 Å². The molecular formula is C19H25NO4S. The molecule has 0 aliphatic heterocycles. The molecule has 0 spiro atoms. The van der Waals surface area contributed by atoms with Crippen molar-refractivity contribution >= 4 is 10.0 Å². The summed E-state index contributed by atoms with van der Waals surface area (Å²) in [7, 11) is -0.612. The standard InChI is InChI=1S/C19H25NO4S/c1-14(2)16-7-5-15(6-8-16)11-12-20-25(21,22)17-9-10-18(23-3)19(13-17)24-4/h5-10,13-14,20H,11-12H2,1-4H3. The van der Waals surface area contributed by atoms with Crippen LogP contribution in [0.1, 0.15) is 30.9 Å². The number of ether oxygens (including phenoxy) is 2. The molecule has 6 heteroatoms. The van der Waals surface area contributed by atoms with Crippen molar-refractivity contribution in [3.63, 3.8) is 0 Å². The minimum Gasteiger partial charge on any atom is -0.493 e. The zero-order valence-electron chi connectivity index (χ0n) is 15.1. The van der Waals surface area contributed by atoms with Gasteiger partial charge in [-0.1, -0.05) is 38.1 Å². The van der Waals surface area contributed by atoms with E-state index >= 15 is 0 Å². The van der Waals surface area contributed by atoms with Crippen molar-refractivity contribution in [1.82, 2.24) is 4.72 Å². The summed E-state index contributed by atoms with van der Waals surface area (Å²) in [6.45, 7) is 4.62. The Balaban J connectivity index is 2.01. The van der Waals surface area contributed by atoms with Crippen LogP contribution in [0, 0.1) is 0 Å². The molecule has 0 amide bonds. The van der Waals surface area contributed by atoms with Gasteiger partial charge in [0.25, 0.3) is 0 Å². The summed E-state index contributed by atoms with van der Waals surface area (Å²) < 4.78 is 37.8. The van der Waals surface area contributed by atoms with Gasteiger partial charge in [-0.05, 0) is 35.6 Å². The maximum atomic E-state index is 12.4. The molecule has 2 aromatic rings. The van der Waals surface area contributed by atoms with E-state index in [2.05, 4.69) is 30.7 Å². The molecule has 0 fully saturated rings. The predicted octanol–water partition coefficient (Wildman–Crippen LogP) is 3.35. The molecule has 5 nitrogen and oxygen atoms in total. The molecule has 2 rings (SSSR count). The topological polar surface area (TPSA) is 64.6 Å². The summed E-state index contributed by atoms with van der Waals surface area (Å²) in [5, 5.41) is 0. The van der Waals surface area contributed by atoms with Crippen LogP contribution in [0.15, 0.2) is 47.4 Å². The number of benzene rings is 2. The molecule has 25 heavy (non-hydrogen) atoms. The smallest absolute Gasteiger partial charge is 0.240 e. The van der Waals surface area contributed by atoms with Gasteiger partial charge in [0.1, 0.15) is 0 Å². The predicted molar refractivity (Wildman–Crippen MR) is 99.0 cm³/mol. The van der Waals surface area contributed by atoms with E-state index in [-0.39, 0.29) is 4.90 Å². The molecule has 0 saturated heterocycles. The quantitative estimate of drug-likeness (QED) is 0.781. The number of sulfonamides is 1. The Morgan fingerprint density at radius 3 is 2.16 bits per heavy atom. The van der Waals surface area contributed by atoms with Gasteiger partial charge in [-0.15, -0.1) is 0 Å². The monoisotopic (exact) mass is 363 g/mol. The van der Waals surface area contributed by atoms with Gasteiger partial charge in [0.15, 0.2) is 11.5 Å². The molecule has 0 bridgehead atoms. The Bertz CT molecular complexity index is 799. The molecule has 0 atom stereocenters. The lowest BCUT2D eigenvalue weighted by molar-refractivity contribution is 0.354. The van der Waals surface area contributed by atoms with Crippen LogP contribution in [0.25, 0.3) is 0 Å². The van der Waals surface area contributed by atoms with Gasteiger partial charge in [-0.25, -0.2) is 13.1 Å². The van der Waals surface area contributed by atoms with Crippen LogP contribution >= 0.6 is 0 Å². The fourth-order valence-electron chi connectivity index (χ4n) is 2.47. The van der Waals surface area contributed by atoms with E-state index in [0.29, 0.717) is 30.4 Å².